The van der Waals surface area contributed by atoms with Crippen molar-refractivity contribution in [2.75, 3.05) is 0 Å². The third kappa shape index (κ3) is 1.83. The molecule has 5 aromatic rings. The molecule has 0 saturated heterocycles. The molecule has 27 heavy (non-hydrogen) atoms. The lowest BCUT2D eigenvalue weighted by Gasteiger charge is -2.34. The second-order valence-electron chi connectivity index (χ2n) is 8.21. The highest BCUT2D eigenvalue weighted by atomic mass is 14.3. The van der Waals surface area contributed by atoms with Gasteiger partial charge in [0, 0.05) is 5.41 Å². The van der Waals surface area contributed by atoms with Crippen molar-refractivity contribution < 1.29 is 0 Å². The van der Waals surface area contributed by atoms with Crippen molar-refractivity contribution in [2.24, 2.45) is 0 Å². The van der Waals surface area contributed by atoms with Crippen LogP contribution in [0.25, 0.3) is 43.4 Å². The van der Waals surface area contributed by atoms with E-state index < -0.39 is 0 Å². The van der Waals surface area contributed by atoms with Crippen LogP contribution >= 0.6 is 0 Å². The van der Waals surface area contributed by atoms with Crippen LogP contribution in [0.4, 0.5) is 0 Å². The fourth-order valence-corrected chi connectivity index (χ4v) is 5.11. The van der Waals surface area contributed by atoms with Gasteiger partial charge in [-0.05, 0) is 60.6 Å². The minimum absolute atomic E-state index is 0.00850. The molecule has 0 saturated carbocycles. The summed E-state index contributed by atoms with van der Waals surface area (Å²) in [5, 5.41) is 8.33. The Hall–Kier alpha value is -3.12. The summed E-state index contributed by atoms with van der Waals surface area (Å²) < 4.78 is 0. The summed E-state index contributed by atoms with van der Waals surface area (Å²) in [5.41, 5.74) is 5.50. The molecule has 128 valence electrons. The van der Waals surface area contributed by atoms with Crippen LogP contribution < -0.4 is 0 Å². The molecule has 0 heteroatoms. The van der Waals surface area contributed by atoms with Crippen molar-refractivity contribution in [3.8, 4) is 11.1 Å². The monoisotopic (exact) mass is 344 g/mol. The van der Waals surface area contributed by atoms with Crippen LogP contribution in [0.3, 0.4) is 0 Å². The Morgan fingerprint density at radius 2 is 1.22 bits per heavy atom. The Labute approximate surface area is 159 Å². The lowest BCUT2D eigenvalue weighted by molar-refractivity contribution is 0.652. The van der Waals surface area contributed by atoms with E-state index in [1.165, 1.54) is 54.6 Å². The normalized spacial score (nSPS) is 14.6. The van der Waals surface area contributed by atoms with Gasteiger partial charge in [-0.3, -0.25) is 0 Å². The number of hydrogen-bond acceptors (Lipinski definition) is 0. The molecule has 0 bridgehead atoms. The van der Waals surface area contributed by atoms with Crippen LogP contribution in [0.15, 0.2) is 84.9 Å². The lowest BCUT2D eigenvalue weighted by Crippen LogP contribution is -2.22. The third-order valence-corrected chi connectivity index (χ3v) is 6.41. The van der Waals surface area contributed by atoms with E-state index >= 15 is 0 Å². The zero-order chi connectivity index (χ0) is 18.2. The Morgan fingerprint density at radius 1 is 0.556 bits per heavy atom. The SMILES string of the molecule is CC1(C)c2cccc3ccc4c(-c5ccccc5)cc5cccc1c5c4c23. The summed E-state index contributed by atoms with van der Waals surface area (Å²) in [4.78, 5) is 0. The molecule has 0 atom stereocenters. The summed E-state index contributed by atoms with van der Waals surface area (Å²) in [7, 11) is 0. The second-order valence-corrected chi connectivity index (χ2v) is 8.21. The van der Waals surface area contributed by atoms with Crippen LogP contribution in [0.5, 0.6) is 0 Å². The minimum Gasteiger partial charge on any atom is -0.0622 e. The van der Waals surface area contributed by atoms with Crippen molar-refractivity contribution in [1.29, 1.82) is 0 Å². The second kappa shape index (κ2) is 4.98. The van der Waals surface area contributed by atoms with E-state index in [0.29, 0.717) is 0 Å². The summed E-state index contributed by atoms with van der Waals surface area (Å²) >= 11 is 0. The van der Waals surface area contributed by atoms with E-state index in [0.717, 1.165) is 0 Å². The molecular weight excluding hydrogens is 324 g/mol. The minimum atomic E-state index is 0.00850. The highest BCUT2D eigenvalue weighted by molar-refractivity contribution is 6.27. The van der Waals surface area contributed by atoms with Crippen LogP contribution in [-0.2, 0) is 5.41 Å². The molecule has 6 rings (SSSR count). The maximum absolute atomic E-state index is 2.38. The number of hydrogen-bond donors (Lipinski definition) is 0. The van der Waals surface area contributed by atoms with E-state index in [9.17, 15) is 0 Å². The summed E-state index contributed by atoms with van der Waals surface area (Å²) in [6.07, 6.45) is 0. The molecular formula is C27H20. The number of rotatable bonds is 1. The van der Waals surface area contributed by atoms with E-state index in [1.54, 1.807) is 0 Å². The van der Waals surface area contributed by atoms with E-state index in [4.69, 9.17) is 0 Å². The van der Waals surface area contributed by atoms with Gasteiger partial charge in [-0.15, -0.1) is 0 Å². The fourth-order valence-electron chi connectivity index (χ4n) is 5.11. The molecule has 1 aliphatic carbocycles. The van der Waals surface area contributed by atoms with E-state index in [1.807, 2.05) is 0 Å². The van der Waals surface area contributed by atoms with Crippen molar-refractivity contribution in [3.05, 3.63) is 96.1 Å². The Balaban J connectivity index is 1.95. The van der Waals surface area contributed by atoms with Gasteiger partial charge in [-0.1, -0.05) is 92.7 Å². The fraction of sp³-hybridized carbons (Fsp3) is 0.111. The molecule has 0 N–H and O–H groups in total. The first-order chi connectivity index (χ1) is 13.2. The van der Waals surface area contributed by atoms with Crippen molar-refractivity contribution >= 4 is 32.3 Å². The molecule has 0 radical (unpaired) electrons. The average Bonchev–Trinajstić information content (AvgIpc) is 2.71. The smallest absolute Gasteiger partial charge is 0.0159 e. The first-order valence-electron chi connectivity index (χ1n) is 9.64. The van der Waals surface area contributed by atoms with Crippen LogP contribution in [0.1, 0.15) is 25.0 Å². The molecule has 0 fully saturated rings. The highest BCUT2D eigenvalue weighted by Gasteiger charge is 2.32. The average molecular weight is 344 g/mol. The molecule has 0 spiro atoms. The molecule has 1 aliphatic rings. The van der Waals surface area contributed by atoms with E-state index in [2.05, 4.69) is 98.8 Å². The van der Waals surface area contributed by atoms with Gasteiger partial charge in [0.05, 0.1) is 0 Å². The van der Waals surface area contributed by atoms with Gasteiger partial charge in [0.25, 0.3) is 0 Å². The molecule has 0 heterocycles. The zero-order valence-corrected chi connectivity index (χ0v) is 15.6. The Morgan fingerprint density at radius 3 is 1.96 bits per heavy atom. The molecule has 0 aromatic heterocycles. The van der Waals surface area contributed by atoms with Crippen LogP contribution in [0.2, 0.25) is 0 Å². The first kappa shape index (κ1) is 15.0. The molecule has 0 amide bonds. The quantitative estimate of drug-likeness (QED) is 0.277. The molecule has 0 aliphatic heterocycles. The predicted molar refractivity (Wildman–Crippen MR) is 117 cm³/mol. The molecule has 5 aromatic carbocycles. The molecule has 0 unspecified atom stereocenters. The van der Waals surface area contributed by atoms with E-state index in [-0.39, 0.29) is 5.41 Å². The standard InChI is InChI=1S/C27H20/c1-27(2)22-12-6-10-18-14-15-20-21(17-8-4-3-5-9-17)16-19-11-7-13-23(27)25(19)26(20)24(18)22/h3-16H,1-2H3. The van der Waals surface area contributed by atoms with Gasteiger partial charge < -0.3 is 0 Å². The molecule has 0 nitrogen and oxygen atoms in total. The first-order valence-corrected chi connectivity index (χ1v) is 9.64. The van der Waals surface area contributed by atoms with Gasteiger partial charge in [0.1, 0.15) is 0 Å². The van der Waals surface area contributed by atoms with Crippen molar-refractivity contribution in [1.82, 2.24) is 0 Å². The van der Waals surface area contributed by atoms with Crippen molar-refractivity contribution in [3.63, 3.8) is 0 Å². The summed E-state index contributed by atoms with van der Waals surface area (Å²) in [6.45, 7) is 4.73. The maximum Gasteiger partial charge on any atom is 0.0159 e. The van der Waals surface area contributed by atoms with Gasteiger partial charge in [-0.2, -0.15) is 0 Å². The van der Waals surface area contributed by atoms with Crippen LogP contribution in [0, 0.1) is 0 Å². The van der Waals surface area contributed by atoms with Crippen LogP contribution in [-0.4, -0.2) is 0 Å². The summed E-state index contributed by atoms with van der Waals surface area (Å²) in [5.74, 6) is 0. The summed E-state index contributed by atoms with van der Waals surface area (Å²) in [6, 6.07) is 31.4. The van der Waals surface area contributed by atoms with Gasteiger partial charge >= 0.3 is 0 Å². The van der Waals surface area contributed by atoms with Crippen molar-refractivity contribution in [2.45, 2.75) is 19.3 Å². The topological polar surface area (TPSA) is 0 Å². The lowest BCUT2D eigenvalue weighted by atomic mass is 9.69. The Bertz CT molecular complexity index is 1350. The number of benzene rings is 5. The highest BCUT2D eigenvalue weighted by Crippen LogP contribution is 2.50. The van der Waals surface area contributed by atoms with Gasteiger partial charge in [0.2, 0.25) is 0 Å². The van der Waals surface area contributed by atoms with Gasteiger partial charge in [0.15, 0.2) is 0 Å². The maximum atomic E-state index is 2.38. The van der Waals surface area contributed by atoms with Gasteiger partial charge in [-0.25, -0.2) is 0 Å². The zero-order valence-electron chi connectivity index (χ0n) is 15.6. The predicted octanol–water partition coefficient (Wildman–Crippen LogP) is 7.45. The third-order valence-electron chi connectivity index (χ3n) is 6.41. The largest absolute Gasteiger partial charge is 0.0622 e. The Kier molecular flexibility index (Phi) is 2.77.